The third-order valence-corrected chi connectivity index (χ3v) is 7.37. The van der Waals surface area contributed by atoms with Crippen LogP contribution in [-0.4, -0.2) is 46.4 Å². The Hall–Kier alpha value is -2.20. The largest absolute Gasteiger partial charge is 0.489 e. The van der Waals surface area contributed by atoms with Gasteiger partial charge in [0.05, 0.1) is 0 Å². The Morgan fingerprint density at radius 2 is 1.86 bits per heavy atom. The summed E-state index contributed by atoms with van der Waals surface area (Å²) in [5, 5.41) is 11.7. The summed E-state index contributed by atoms with van der Waals surface area (Å²) in [4.78, 5) is 15.3. The molecule has 3 rings (SSSR count). The van der Waals surface area contributed by atoms with Gasteiger partial charge in [0.15, 0.2) is 4.34 Å². The summed E-state index contributed by atoms with van der Waals surface area (Å²) >= 11 is 3.04. The zero-order valence-corrected chi connectivity index (χ0v) is 23.6. The van der Waals surface area contributed by atoms with Crippen molar-refractivity contribution in [3.8, 4) is 5.75 Å². The van der Waals surface area contributed by atoms with Crippen LogP contribution in [0.5, 0.6) is 5.75 Å². The summed E-state index contributed by atoms with van der Waals surface area (Å²) in [6, 6.07) is 11.7. The molecular weight excluding hydrogens is 519 g/mol. The topological polar surface area (TPSA) is 67.4 Å². The van der Waals surface area contributed by atoms with Crippen molar-refractivity contribution < 1.29 is 13.9 Å². The molecular formula is C26H34ClFN4O2S2. The van der Waals surface area contributed by atoms with Crippen LogP contribution in [0.1, 0.15) is 49.2 Å². The van der Waals surface area contributed by atoms with Gasteiger partial charge >= 0.3 is 0 Å². The molecule has 6 nitrogen and oxygen atoms in total. The molecule has 36 heavy (non-hydrogen) atoms. The van der Waals surface area contributed by atoms with Crippen molar-refractivity contribution in [2.75, 3.05) is 30.7 Å². The van der Waals surface area contributed by atoms with Crippen LogP contribution in [0.4, 0.5) is 9.52 Å². The van der Waals surface area contributed by atoms with Crippen molar-refractivity contribution in [2.45, 2.75) is 45.1 Å². The molecule has 3 aromatic rings. The lowest BCUT2D eigenvalue weighted by molar-refractivity contribution is 0.102. The summed E-state index contributed by atoms with van der Waals surface area (Å²) in [6.45, 7) is 11.9. The Morgan fingerprint density at radius 3 is 2.53 bits per heavy atom. The lowest BCUT2D eigenvalue weighted by atomic mass is 9.99. The van der Waals surface area contributed by atoms with Crippen molar-refractivity contribution >= 4 is 46.5 Å². The maximum atomic E-state index is 13.2. The molecule has 0 atom stereocenters. The first-order chi connectivity index (χ1) is 16.9. The van der Waals surface area contributed by atoms with Gasteiger partial charge in [-0.3, -0.25) is 10.1 Å². The van der Waals surface area contributed by atoms with Gasteiger partial charge in [0.25, 0.3) is 5.91 Å². The normalized spacial score (nSPS) is 11.0. The molecule has 1 amide bonds. The minimum Gasteiger partial charge on any atom is -0.489 e. The standard InChI is InChI=1S/C26H33FN4O2S2.ClH/c1-5-31(6-2)13-14-34-26-30-29-25(35-26)28-24(32)20-9-12-23(21(16-20)15-18(3)4)33-17-19-7-10-22(27)11-8-19;/h7-12,16,18H,5-6,13-15,17H2,1-4H3,(H,28,29,32);1H. The molecule has 2 aromatic carbocycles. The van der Waals surface area contributed by atoms with E-state index in [1.807, 2.05) is 12.1 Å². The van der Waals surface area contributed by atoms with Crippen LogP contribution in [-0.2, 0) is 13.0 Å². The Kier molecular flexibility index (Phi) is 12.6. The molecule has 1 heterocycles. The maximum absolute atomic E-state index is 13.2. The summed E-state index contributed by atoms with van der Waals surface area (Å²) in [5.41, 5.74) is 2.38. The minimum absolute atomic E-state index is 0. The number of nitrogens with zero attached hydrogens (tertiary/aromatic N) is 3. The van der Waals surface area contributed by atoms with Crippen molar-refractivity contribution in [1.29, 1.82) is 0 Å². The first-order valence-electron chi connectivity index (χ1n) is 11.9. The van der Waals surface area contributed by atoms with Gasteiger partial charge < -0.3 is 9.64 Å². The second kappa shape index (κ2) is 15.1. The van der Waals surface area contributed by atoms with Crippen molar-refractivity contribution in [1.82, 2.24) is 15.1 Å². The summed E-state index contributed by atoms with van der Waals surface area (Å²) in [7, 11) is 0. The average Bonchev–Trinajstić information content (AvgIpc) is 3.28. The minimum atomic E-state index is -0.273. The highest BCUT2D eigenvalue weighted by Gasteiger charge is 2.15. The van der Waals surface area contributed by atoms with Crippen LogP contribution in [0.3, 0.4) is 0 Å². The van der Waals surface area contributed by atoms with Crippen molar-refractivity contribution in [3.63, 3.8) is 0 Å². The number of amides is 1. The highest BCUT2D eigenvalue weighted by Crippen LogP contribution is 2.27. The van der Waals surface area contributed by atoms with Gasteiger partial charge in [-0.25, -0.2) is 4.39 Å². The first kappa shape index (κ1) is 30.0. The predicted molar refractivity (Wildman–Crippen MR) is 149 cm³/mol. The van der Waals surface area contributed by atoms with Crippen molar-refractivity contribution in [2.24, 2.45) is 5.92 Å². The third kappa shape index (κ3) is 9.35. The fraction of sp³-hybridized carbons (Fsp3) is 0.423. The summed E-state index contributed by atoms with van der Waals surface area (Å²) in [5.74, 6) is 1.55. The fourth-order valence-electron chi connectivity index (χ4n) is 3.49. The lowest BCUT2D eigenvalue weighted by Crippen LogP contribution is -2.25. The van der Waals surface area contributed by atoms with Gasteiger partial charge in [0, 0.05) is 17.9 Å². The van der Waals surface area contributed by atoms with E-state index in [0.717, 1.165) is 53.0 Å². The number of ether oxygens (including phenoxy) is 1. The van der Waals surface area contributed by atoms with E-state index in [2.05, 4.69) is 48.1 Å². The Morgan fingerprint density at radius 1 is 1.14 bits per heavy atom. The number of halogens is 2. The van der Waals surface area contributed by atoms with Crippen LogP contribution in [0.25, 0.3) is 0 Å². The van der Waals surface area contributed by atoms with Gasteiger partial charge in [-0.1, -0.05) is 62.9 Å². The summed E-state index contributed by atoms with van der Waals surface area (Å²) in [6.07, 6.45) is 0.770. The fourth-order valence-corrected chi connectivity index (χ4v) is 5.31. The molecule has 0 unspecified atom stereocenters. The van der Waals surface area contributed by atoms with Gasteiger partial charge in [-0.05, 0) is 66.9 Å². The number of anilines is 1. The number of hydrogen-bond acceptors (Lipinski definition) is 7. The Labute approximate surface area is 227 Å². The molecule has 0 aliphatic heterocycles. The Bertz CT molecular complexity index is 1090. The molecule has 0 fully saturated rings. The molecule has 0 bridgehead atoms. The number of aromatic nitrogens is 2. The smallest absolute Gasteiger partial charge is 0.257 e. The van der Waals surface area contributed by atoms with Crippen LogP contribution in [0, 0.1) is 11.7 Å². The van der Waals surface area contributed by atoms with Gasteiger partial charge in [-0.15, -0.1) is 22.6 Å². The Balaban J connectivity index is 0.00000456. The van der Waals surface area contributed by atoms with Gasteiger partial charge in [0.2, 0.25) is 5.13 Å². The molecule has 0 aliphatic rings. The molecule has 196 valence electrons. The van der Waals surface area contributed by atoms with Crippen LogP contribution < -0.4 is 10.1 Å². The molecule has 0 saturated carbocycles. The van der Waals surface area contributed by atoms with E-state index in [1.54, 1.807) is 30.0 Å². The van der Waals surface area contributed by atoms with Gasteiger partial charge in [0.1, 0.15) is 18.2 Å². The molecule has 0 spiro atoms. The molecule has 0 radical (unpaired) electrons. The van der Waals surface area contributed by atoms with E-state index in [4.69, 9.17) is 4.74 Å². The van der Waals surface area contributed by atoms with Gasteiger partial charge in [-0.2, -0.15) is 0 Å². The molecule has 0 aliphatic carbocycles. The summed E-state index contributed by atoms with van der Waals surface area (Å²) < 4.78 is 20.0. The quantitative estimate of drug-likeness (QED) is 0.191. The van der Waals surface area contributed by atoms with E-state index < -0.39 is 0 Å². The average molecular weight is 553 g/mol. The number of thioether (sulfide) groups is 1. The van der Waals surface area contributed by atoms with E-state index in [0.29, 0.717) is 23.2 Å². The van der Waals surface area contributed by atoms with E-state index in [1.165, 1.54) is 23.5 Å². The monoisotopic (exact) mass is 552 g/mol. The number of carbonyl (C=O) groups excluding carboxylic acids is 1. The zero-order valence-electron chi connectivity index (χ0n) is 21.1. The highest BCUT2D eigenvalue weighted by molar-refractivity contribution is 8.01. The number of carbonyl (C=O) groups is 1. The number of benzene rings is 2. The van der Waals surface area contributed by atoms with E-state index >= 15 is 0 Å². The molecule has 0 saturated heterocycles. The second-order valence-electron chi connectivity index (χ2n) is 8.54. The molecule has 1 N–H and O–H groups in total. The van der Waals surface area contributed by atoms with E-state index in [-0.39, 0.29) is 24.1 Å². The van der Waals surface area contributed by atoms with Crippen LogP contribution in [0.15, 0.2) is 46.8 Å². The number of nitrogens with one attached hydrogen (secondary N) is 1. The highest BCUT2D eigenvalue weighted by atomic mass is 35.5. The number of hydrogen-bond donors (Lipinski definition) is 1. The lowest BCUT2D eigenvalue weighted by Gasteiger charge is -2.16. The van der Waals surface area contributed by atoms with Crippen LogP contribution >= 0.6 is 35.5 Å². The van der Waals surface area contributed by atoms with E-state index in [9.17, 15) is 9.18 Å². The number of rotatable bonds is 13. The predicted octanol–water partition coefficient (Wildman–Crippen LogP) is 6.56. The first-order valence-corrected chi connectivity index (χ1v) is 13.7. The maximum Gasteiger partial charge on any atom is 0.257 e. The molecule has 1 aromatic heterocycles. The van der Waals surface area contributed by atoms with Crippen molar-refractivity contribution in [3.05, 3.63) is 65.0 Å². The zero-order chi connectivity index (χ0) is 25.2. The SMILES string of the molecule is CCN(CC)CCSc1nnc(NC(=O)c2ccc(OCc3ccc(F)cc3)c(CC(C)C)c2)s1.Cl. The molecule has 10 heteroatoms. The third-order valence-electron chi connectivity index (χ3n) is 5.41. The van der Waals surface area contributed by atoms with Crippen LogP contribution in [0.2, 0.25) is 0 Å². The second-order valence-corrected chi connectivity index (χ2v) is 10.9.